The van der Waals surface area contributed by atoms with Crippen LogP contribution in [0.4, 0.5) is 0 Å². The zero-order valence-corrected chi connectivity index (χ0v) is 19.9. The largest absolute Gasteiger partial charge is 0.370 e. The molecule has 1 saturated heterocycles. The molecule has 170 valence electrons. The molecule has 3 N–H and O–H groups in total. The van der Waals surface area contributed by atoms with Gasteiger partial charge in [-0.15, -0.1) is 24.8 Å². The van der Waals surface area contributed by atoms with Crippen molar-refractivity contribution in [2.24, 2.45) is 33.9 Å². The van der Waals surface area contributed by atoms with Crippen LogP contribution >= 0.6 is 24.8 Å². The molecule has 0 aromatic carbocycles. The van der Waals surface area contributed by atoms with Crippen molar-refractivity contribution in [3.63, 3.8) is 0 Å². The normalized spacial score (nSPS) is 34.2. The standard InChI is InChI=1S/C23H42N4.2ClH/c24-22(25-8-4-3-7-11-27-9-5-1-2-6-10-27)26-18-23-15-19-12-20(16-23)14-21(13-19)17-23;;/h19-21H,1-18H2,(H3,24,25,26);2*1H. The van der Waals surface area contributed by atoms with E-state index in [1.165, 1.54) is 103 Å². The number of hydrogen-bond donors (Lipinski definition) is 2. The van der Waals surface area contributed by atoms with Gasteiger partial charge >= 0.3 is 0 Å². The van der Waals surface area contributed by atoms with Gasteiger partial charge in [-0.1, -0.05) is 19.3 Å². The lowest BCUT2D eigenvalue weighted by Crippen LogP contribution is -2.48. The second kappa shape index (κ2) is 12.0. The van der Waals surface area contributed by atoms with Gasteiger partial charge in [0.1, 0.15) is 0 Å². The van der Waals surface area contributed by atoms with E-state index in [9.17, 15) is 0 Å². The van der Waals surface area contributed by atoms with Crippen molar-refractivity contribution < 1.29 is 0 Å². The lowest BCUT2D eigenvalue weighted by molar-refractivity contribution is -0.0465. The van der Waals surface area contributed by atoms with Crippen LogP contribution in [0.5, 0.6) is 0 Å². The number of aliphatic imine (C=N–C) groups is 1. The lowest BCUT2D eigenvalue weighted by Gasteiger charge is -2.56. The maximum atomic E-state index is 6.18. The highest BCUT2D eigenvalue weighted by atomic mass is 35.5. The highest BCUT2D eigenvalue weighted by Crippen LogP contribution is 2.60. The smallest absolute Gasteiger partial charge is 0.188 e. The van der Waals surface area contributed by atoms with Gasteiger partial charge in [0.15, 0.2) is 5.96 Å². The SMILES string of the molecule is Cl.Cl.NC(=NCC12CC3CC(CC(C3)C1)C2)NCCCCCN1CCCCCC1. The van der Waals surface area contributed by atoms with Crippen molar-refractivity contribution in [1.82, 2.24) is 10.2 Å². The van der Waals surface area contributed by atoms with E-state index >= 15 is 0 Å². The van der Waals surface area contributed by atoms with Crippen LogP contribution in [0.1, 0.15) is 83.5 Å². The van der Waals surface area contributed by atoms with E-state index in [1.807, 2.05) is 0 Å². The average Bonchev–Trinajstić information content (AvgIpc) is 2.91. The molecule has 6 heteroatoms. The first kappa shape index (κ1) is 25.1. The summed E-state index contributed by atoms with van der Waals surface area (Å²) in [6.45, 7) is 5.89. The Kier molecular flexibility index (Phi) is 10.4. The molecule has 0 aromatic heterocycles. The van der Waals surface area contributed by atoms with Gasteiger partial charge in [-0.3, -0.25) is 4.99 Å². The van der Waals surface area contributed by atoms with Crippen molar-refractivity contribution >= 4 is 30.8 Å². The molecule has 4 saturated carbocycles. The van der Waals surface area contributed by atoms with Gasteiger partial charge in [-0.2, -0.15) is 0 Å². The Morgan fingerprint density at radius 2 is 1.45 bits per heavy atom. The summed E-state index contributed by atoms with van der Waals surface area (Å²) < 4.78 is 0. The molecule has 0 unspecified atom stereocenters. The molecule has 29 heavy (non-hydrogen) atoms. The maximum Gasteiger partial charge on any atom is 0.188 e. The number of halogens is 2. The van der Waals surface area contributed by atoms with Crippen molar-refractivity contribution in [3.05, 3.63) is 0 Å². The number of likely N-dealkylation sites (tertiary alicyclic amines) is 1. The first-order chi connectivity index (χ1) is 13.2. The Morgan fingerprint density at radius 3 is 2.03 bits per heavy atom. The fraction of sp³-hybridized carbons (Fsp3) is 0.957. The fourth-order valence-electron chi connectivity index (χ4n) is 7.01. The summed E-state index contributed by atoms with van der Waals surface area (Å²) in [5, 5.41) is 3.38. The van der Waals surface area contributed by atoms with Crippen molar-refractivity contribution in [1.29, 1.82) is 0 Å². The van der Waals surface area contributed by atoms with Crippen LogP contribution in [0, 0.1) is 23.2 Å². The molecule has 4 aliphatic carbocycles. The maximum absolute atomic E-state index is 6.18. The molecule has 5 rings (SSSR count). The van der Waals surface area contributed by atoms with Gasteiger partial charge in [-0.05, 0) is 107 Å². The average molecular weight is 448 g/mol. The van der Waals surface area contributed by atoms with Gasteiger partial charge in [0.05, 0.1) is 0 Å². The van der Waals surface area contributed by atoms with E-state index in [0.29, 0.717) is 11.4 Å². The molecule has 0 radical (unpaired) electrons. The van der Waals surface area contributed by atoms with Crippen LogP contribution in [0.25, 0.3) is 0 Å². The van der Waals surface area contributed by atoms with Crippen molar-refractivity contribution in [2.75, 3.05) is 32.7 Å². The summed E-state index contributed by atoms with van der Waals surface area (Å²) in [5.74, 6) is 3.71. The van der Waals surface area contributed by atoms with Crippen LogP contribution in [0.15, 0.2) is 4.99 Å². The predicted octanol–water partition coefficient (Wildman–Crippen LogP) is 5.00. The van der Waals surface area contributed by atoms with Gasteiger partial charge in [0.25, 0.3) is 0 Å². The predicted molar refractivity (Wildman–Crippen MR) is 128 cm³/mol. The Balaban J connectivity index is 0.00000150. The number of rotatable bonds is 8. The Morgan fingerprint density at radius 1 is 0.862 bits per heavy atom. The number of nitrogens with one attached hydrogen (secondary N) is 1. The Hall–Kier alpha value is -0.190. The second-order valence-electron chi connectivity index (χ2n) is 10.4. The minimum absolute atomic E-state index is 0. The molecule has 4 nitrogen and oxygen atoms in total. The van der Waals surface area contributed by atoms with Crippen LogP contribution in [-0.2, 0) is 0 Å². The molecule has 4 bridgehead atoms. The summed E-state index contributed by atoms with van der Waals surface area (Å²) in [6.07, 6.45) is 18.3. The minimum atomic E-state index is 0. The van der Waals surface area contributed by atoms with Crippen molar-refractivity contribution in [2.45, 2.75) is 83.5 Å². The molecule has 0 amide bonds. The van der Waals surface area contributed by atoms with Gasteiger partial charge in [0, 0.05) is 13.1 Å². The molecule has 1 heterocycles. The third kappa shape index (κ3) is 7.18. The van der Waals surface area contributed by atoms with Crippen LogP contribution in [-0.4, -0.2) is 43.6 Å². The number of unbranched alkanes of at least 4 members (excludes halogenated alkanes) is 2. The molecule has 0 aromatic rings. The molecule has 0 spiro atoms. The molecular formula is C23H44Cl2N4. The molecular weight excluding hydrogens is 403 g/mol. The first-order valence-corrected chi connectivity index (χ1v) is 12.0. The highest BCUT2D eigenvalue weighted by molar-refractivity contribution is 5.85. The quantitative estimate of drug-likeness (QED) is 0.313. The van der Waals surface area contributed by atoms with E-state index in [0.717, 1.165) is 30.8 Å². The molecule has 0 atom stereocenters. The zero-order valence-electron chi connectivity index (χ0n) is 18.2. The van der Waals surface area contributed by atoms with E-state index in [-0.39, 0.29) is 24.8 Å². The van der Waals surface area contributed by atoms with Gasteiger partial charge < -0.3 is 16.0 Å². The van der Waals surface area contributed by atoms with E-state index in [4.69, 9.17) is 10.7 Å². The lowest BCUT2D eigenvalue weighted by atomic mass is 9.49. The van der Waals surface area contributed by atoms with Crippen molar-refractivity contribution in [3.8, 4) is 0 Å². The van der Waals surface area contributed by atoms with Crippen LogP contribution in [0.3, 0.4) is 0 Å². The summed E-state index contributed by atoms with van der Waals surface area (Å²) in [5.41, 5.74) is 6.69. The summed E-state index contributed by atoms with van der Waals surface area (Å²) in [4.78, 5) is 7.46. The monoisotopic (exact) mass is 446 g/mol. The summed E-state index contributed by atoms with van der Waals surface area (Å²) >= 11 is 0. The second-order valence-corrected chi connectivity index (χ2v) is 10.4. The number of nitrogens with two attached hydrogens (primary N) is 1. The topological polar surface area (TPSA) is 53.6 Å². The third-order valence-corrected chi connectivity index (χ3v) is 7.91. The zero-order chi connectivity index (χ0) is 18.5. The van der Waals surface area contributed by atoms with Crippen LogP contribution in [0.2, 0.25) is 0 Å². The van der Waals surface area contributed by atoms with Gasteiger partial charge in [-0.25, -0.2) is 0 Å². The molecule has 1 aliphatic heterocycles. The van der Waals surface area contributed by atoms with E-state index in [2.05, 4.69) is 10.2 Å². The summed E-state index contributed by atoms with van der Waals surface area (Å²) in [7, 11) is 0. The fourth-order valence-corrected chi connectivity index (χ4v) is 7.01. The number of hydrogen-bond acceptors (Lipinski definition) is 2. The van der Waals surface area contributed by atoms with Gasteiger partial charge in [0.2, 0.25) is 0 Å². The highest BCUT2D eigenvalue weighted by Gasteiger charge is 2.50. The van der Waals surface area contributed by atoms with E-state index in [1.54, 1.807) is 0 Å². The minimum Gasteiger partial charge on any atom is -0.370 e. The Bertz CT molecular complexity index is 468. The Labute approximate surface area is 191 Å². The molecule has 5 fully saturated rings. The number of guanidine groups is 1. The first-order valence-electron chi connectivity index (χ1n) is 12.0. The third-order valence-electron chi connectivity index (χ3n) is 7.91. The molecule has 5 aliphatic rings. The van der Waals surface area contributed by atoms with E-state index < -0.39 is 0 Å². The number of nitrogens with zero attached hydrogens (tertiary/aromatic N) is 2. The van der Waals surface area contributed by atoms with Crippen LogP contribution < -0.4 is 11.1 Å². The summed E-state index contributed by atoms with van der Waals surface area (Å²) in [6, 6.07) is 0.